The van der Waals surface area contributed by atoms with Crippen molar-refractivity contribution in [3.63, 3.8) is 0 Å². The number of carboxylic acids is 1. The van der Waals surface area contributed by atoms with Crippen LogP contribution in [0.4, 0.5) is 5.69 Å². The van der Waals surface area contributed by atoms with E-state index < -0.39 is 5.97 Å². The molecule has 3 N–H and O–H groups in total. The number of nitrogens with one attached hydrogen (secondary N) is 2. The molecule has 2 aromatic heterocycles. The highest BCUT2D eigenvalue weighted by Gasteiger charge is 2.18. The van der Waals surface area contributed by atoms with Gasteiger partial charge in [0.2, 0.25) is 0 Å². The van der Waals surface area contributed by atoms with Gasteiger partial charge in [-0.3, -0.25) is 0 Å². The Morgan fingerprint density at radius 2 is 2.12 bits per heavy atom. The topological polar surface area (TPSA) is 78.0 Å². The van der Waals surface area contributed by atoms with Crippen molar-refractivity contribution in [2.75, 3.05) is 5.32 Å². The lowest BCUT2D eigenvalue weighted by Crippen LogP contribution is -2.14. The van der Waals surface area contributed by atoms with Gasteiger partial charge < -0.3 is 15.4 Å². The Morgan fingerprint density at radius 1 is 1.33 bits per heavy atom. The van der Waals surface area contributed by atoms with Crippen molar-refractivity contribution in [1.82, 2.24) is 9.97 Å². The number of fused-ring (bicyclic) bond motifs is 1. The Morgan fingerprint density at radius 3 is 2.83 bits per heavy atom. The van der Waals surface area contributed by atoms with E-state index in [1.807, 2.05) is 6.07 Å². The second-order valence-electron chi connectivity index (χ2n) is 6.43. The fourth-order valence-electron chi connectivity index (χ4n) is 3.41. The predicted molar refractivity (Wildman–Crippen MR) is 97.0 cm³/mol. The molecule has 0 bridgehead atoms. The summed E-state index contributed by atoms with van der Waals surface area (Å²) < 4.78 is 0. The third kappa shape index (κ3) is 2.78. The minimum atomic E-state index is -0.993. The molecule has 6 heteroatoms. The first-order valence-corrected chi connectivity index (χ1v) is 9.07. The number of hydrogen-bond acceptors (Lipinski definition) is 4. The molecule has 1 saturated carbocycles. The molecule has 3 aromatic rings. The number of thiazole rings is 1. The molecule has 0 amide bonds. The Hall–Kier alpha value is -2.34. The van der Waals surface area contributed by atoms with Gasteiger partial charge >= 0.3 is 5.97 Å². The van der Waals surface area contributed by atoms with E-state index >= 15 is 0 Å². The number of carboxylic acid groups (broad SMARTS) is 1. The number of aromatic nitrogens is 2. The van der Waals surface area contributed by atoms with Crippen LogP contribution >= 0.6 is 11.3 Å². The van der Waals surface area contributed by atoms with E-state index in [0.29, 0.717) is 11.0 Å². The first-order valence-electron chi connectivity index (χ1n) is 8.19. The van der Waals surface area contributed by atoms with Gasteiger partial charge in [-0.25, -0.2) is 9.78 Å². The Balaban J connectivity index is 1.74. The van der Waals surface area contributed by atoms with E-state index in [4.69, 9.17) is 5.11 Å². The smallest absolute Gasteiger partial charge is 0.355 e. The number of aromatic carboxylic acids is 1. The molecule has 1 aliphatic carbocycles. The summed E-state index contributed by atoms with van der Waals surface area (Å²) in [5.41, 5.74) is 4.35. The summed E-state index contributed by atoms with van der Waals surface area (Å²) >= 11 is 1.35. The molecular weight excluding hydrogens is 322 g/mol. The lowest BCUT2D eigenvalue weighted by molar-refractivity contribution is 0.0691. The van der Waals surface area contributed by atoms with E-state index in [2.05, 4.69) is 34.3 Å². The van der Waals surface area contributed by atoms with E-state index in [0.717, 1.165) is 22.3 Å². The van der Waals surface area contributed by atoms with Crippen molar-refractivity contribution in [1.29, 1.82) is 0 Å². The first kappa shape index (κ1) is 15.2. The minimum Gasteiger partial charge on any atom is -0.476 e. The molecule has 0 unspecified atom stereocenters. The summed E-state index contributed by atoms with van der Waals surface area (Å²) in [7, 11) is 0. The molecule has 0 atom stereocenters. The Labute approximate surface area is 143 Å². The van der Waals surface area contributed by atoms with Gasteiger partial charge in [0.25, 0.3) is 0 Å². The summed E-state index contributed by atoms with van der Waals surface area (Å²) in [4.78, 5) is 18.7. The lowest BCUT2D eigenvalue weighted by Gasteiger charge is -2.15. The van der Waals surface area contributed by atoms with Crippen molar-refractivity contribution in [3.05, 3.63) is 34.8 Å². The van der Waals surface area contributed by atoms with Crippen LogP contribution in [0.15, 0.2) is 23.6 Å². The van der Waals surface area contributed by atoms with Crippen molar-refractivity contribution in [2.45, 2.75) is 38.6 Å². The van der Waals surface area contributed by atoms with Crippen molar-refractivity contribution in [2.24, 2.45) is 0 Å². The molecule has 1 aliphatic rings. The number of aromatic amines is 1. The largest absolute Gasteiger partial charge is 0.476 e. The van der Waals surface area contributed by atoms with Gasteiger partial charge in [0, 0.05) is 16.8 Å². The van der Waals surface area contributed by atoms with E-state index in [-0.39, 0.29) is 5.69 Å². The average Bonchev–Trinajstić information content (AvgIpc) is 3.26. The molecule has 1 fully saturated rings. The first-order chi connectivity index (χ1) is 11.6. The van der Waals surface area contributed by atoms with Gasteiger partial charge in [-0.15, -0.1) is 11.3 Å². The van der Waals surface area contributed by atoms with Crippen molar-refractivity contribution < 1.29 is 9.90 Å². The van der Waals surface area contributed by atoms with Crippen LogP contribution in [0.25, 0.3) is 21.6 Å². The number of hydrogen-bond donors (Lipinski definition) is 3. The molecular formula is C18H19N3O2S. The van der Waals surface area contributed by atoms with Crippen molar-refractivity contribution >= 4 is 33.9 Å². The summed E-state index contributed by atoms with van der Waals surface area (Å²) in [5.74, 6) is -0.993. The van der Waals surface area contributed by atoms with Gasteiger partial charge in [-0.05, 0) is 43.5 Å². The summed E-state index contributed by atoms with van der Waals surface area (Å²) in [6.07, 6.45) is 5.02. The molecule has 1 aromatic carbocycles. The van der Waals surface area contributed by atoms with Crippen LogP contribution in [0.1, 0.15) is 41.7 Å². The monoisotopic (exact) mass is 341 g/mol. The maximum Gasteiger partial charge on any atom is 0.355 e. The molecule has 0 aliphatic heterocycles. The molecule has 4 rings (SSSR count). The highest BCUT2D eigenvalue weighted by atomic mass is 32.1. The fraction of sp³-hybridized carbons (Fsp3) is 0.333. The zero-order chi connectivity index (χ0) is 16.7. The van der Waals surface area contributed by atoms with E-state index in [1.165, 1.54) is 42.6 Å². The highest BCUT2D eigenvalue weighted by Crippen LogP contribution is 2.33. The average molecular weight is 341 g/mol. The van der Waals surface area contributed by atoms with Crippen molar-refractivity contribution in [3.8, 4) is 10.7 Å². The maximum atomic E-state index is 11.0. The Bertz CT molecular complexity index is 906. The molecule has 0 radical (unpaired) electrons. The van der Waals surface area contributed by atoms with Crippen LogP contribution < -0.4 is 5.32 Å². The molecule has 24 heavy (non-hydrogen) atoms. The molecule has 2 heterocycles. The second kappa shape index (κ2) is 5.94. The zero-order valence-electron chi connectivity index (χ0n) is 13.4. The zero-order valence-corrected chi connectivity index (χ0v) is 14.2. The highest BCUT2D eigenvalue weighted by molar-refractivity contribution is 7.13. The van der Waals surface area contributed by atoms with Crippen LogP contribution in [0.3, 0.4) is 0 Å². The maximum absolute atomic E-state index is 11.0. The quantitative estimate of drug-likeness (QED) is 0.645. The normalized spacial score (nSPS) is 15.2. The summed E-state index contributed by atoms with van der Waals surface area (Å²) in [6, 6.07) is 6.90. The van der Waals surface area contributed by atoms with Crippen LogP contribution in [0.2, 0.25) is 0 Å². The SMILES string of the molecule is Cc1cc(NC2CCCC2)c2[nH]c(-c3nc(C(=O)O)cs3)cc2c1. The molecule has 0 spiro atoms. The number of benzene rings is 1. The number of carbonyl (C=O) groups is 1. The molecule has 124 valence electrons. The van der Waals surface area contributed by atoms with Gasteiger partial charge in [0.1, 0.15) is 5.01 Å². The van der Waals surface area contributed by atoms with Gasteiger partial charge in [0.15, 0.2) is 5.69 Å². The van der Waals surface area contributed by atoms with E-state index in [9.17, 15) is 4.79 Å². The molecule has 5 nitrogen and oxygen atoms in total. The fourth-order valence-corrected chi connectivity index (χ4v) is 4.17. The number of aryl methyl sites for hydroxylation is 1. The van der Waals surface area contributed by atoms with Gasteiger partial charge in [-0.2, -0.15) is 0 Å². The van der Waals surface area contributed by atoms with Gasteiger partial charge in [0.05, 0.1) is 16.9 Å². The second-order valence-corrected chi connectivity index (χ2v) is 7.29. The lowest BCUT2D eigenvalue weighted by atomic mass is 10.1. The summed E-state index contributed by atoms with van der Waals surface area (Å²) in [6.45, 7) is 2.10. The summed E-state index contributed by atoms with van der Waals surface area (Å²) in [5, 5.41) is 16.1. The van der Waals surface area contributed by atoms with Crippen LogP contribution in [-0.4, -0.2) is 27.1 Å². The number of nitrogens with zero attached hydrogens (tertiary/aromatic N) is 1. The minimum absolute atomic E-state index is 0.0918. The van der Waals surface area contributed by atoms with Gasteiger partial charge in [-0.1, -0.05) is 12.8 Å². The third-order valence-corrected chi connectivity index (χ3v) is 5.42. The van der Waals surface area contributed by atoms with Crippen LogP contribution in [0, 0.1) is 6.92 Å². The molecule has 0 saturated heterocycles. The standard InChI is InChI=1S/C18H19N3O2S/c1-10-6-11-8-14(17-21-15(9-24-17)18(22)23)20-16(11)13(7-10)19-12-4-2-3-5-12/h6-9,12,19-20H,2-5H2,1H3,(H,22,23). The number of rotatable bonds is 4. The predicted octanol–water partition coefficient (Wildman–Crippen LogP) is 4.65. The van der Waals surface area contributed by atoms with Crippen LogP contribution in [0.5, 0.6) is 0 Å². The number of anilines is 1. The Kier molecular flexibility index (Phi) is 3.76. The third-order valence-electron chi connectivity index (χ3n) is 4.54. The number of H-pyrrole nitrogens is 1. The van der Waals surface area contributed by atoms with E-state index in [1.54, 1.807) is 5.38 Å². The van der Waals surface area contributed by atoms with Crippen LogP contribution in [-0.2, 0) is 0 Å².